The summed E-state index contributed by atoms with van der Waals surface area (Å²) in [7, 11) is 4.31. The van der Waals surface area contributed by atoms with Gasteiger partial charge in [0.25, 0.3) is 0 Å². The molecule has 1 heterocycles. The van der Waals surface area contributed by atoms with Gasteiger partial charge >= 0.3 is 0 Å². The van der Waals surface area contributed by atoms with Gasteiger partial charge in [-0.25, -0.2) is 0 Å². The number of rotatable bonds is 3. The van der Waals surface area contributed by atoms with Crippen molar-refractivity contribution in [3.05, 3.63) is 29.3 Å². The van der Waals surface area contributed by atoms with Crippen molar-refractivity contribution in [1.29, 1.82) is 0 Å². The van der Waals surface area contributed by atoms with Crippen molar-refractivity contribution in [2.45, 2.75) is 25.8 Å². The number of benzene rings is 1. The lowest BCUT2D eigenvalue weighted by Crippen LogP contribution is -2.46. The normalized spacial score (nSPS) is 19.8. The van der Waals surface area contributed by atoms with Crippen LogP contribution >= 0.6 is 12.2 Å². The van der Waals surface area contributed by atoms with E-state index < -0.39 is 0 Å². The third-order valence-corrected chi connectivity index (χ3v) is 4.17. The summed E-state index contributed by atoms with van der Waals surface area (Å²) in [4.78, 5) is 5.24. The van der Waals surface area contributed by atoms with Gasteiger partial charge in [-0.3, -0.25) is 0 Å². The molecular formula is C15H23N3S. The molecule has 0 spiro atoms. The molecule has 0 radical (unpaired) electrons. The van der Waals surface area contributed by atoms with E-state index in [1.165, 1.54) is 24.1 Å². The summed E-state index contributed by atoms with van der Waals surface area (Å²) in [6.45, 7) is 4.27. The van der Waals surface area contributed by atoms with E-state index in [9.17, 15) is 0 Å². The maximum atomic E-state index is 5.88. The molecule has 1 aromatic rings. The van der Waals surface area contributed by atoms with Gasteiger partial charge in [0.05, 0.1) is 0 Å². The Morgan fingerprint density at radius 1 is 1.42 bits per heavy atom. The highest BCUT2D eigenvalue weighted by Gasteiger charge is 2.24. The minimum atomic E-state index is 0.491. The number of hydrogen-bond acceptors (Lipinski definition) is 3. The highest BCUT2D eigenvalue weighted by Crippen LogP contribution is 2.28. The van der Waals surface area contributed by atoms with E-state index in [2.05, 4.69) is 36.9 Å². The molecule has 2 rings (SSSR count). The summed E-state index contributed by atoms with van der Waals surface area (Å²) >= 11 is 5.20. The first-order valence-electron chi connectivity index (χ1n) is 6.81. The highest BCUT2D eigenvalue weighted by molar-refractivity contribution is 7.80. The average Bonchev–Trinajstić information content (AvgIpc) is 2.38. The Hall–Kier alpha value is -1.13. The molecule has 1 unspecified atom stereocenters. The second-order valence-corrected chi connectivity index (χ2v) is 5.98. The second-order valence-electron chi connectivity index (χ2n) is 5.54. The zero-order valence-corrected chi connectivity index (χ0v) is 12.8. The lowest BCUT2D eigenvalue weighted by molar-refractivity contribution is 0.258. The number of likely N-dealkylation sites (N-methyl/N-ethyl adjacent to an activating group) is 1. The van der Waals surface area contributed by atoms with Gasteiger partial charge in [-0.15, -0.1) is 0 Å². The lowest BCUT2D eigenvalue weighted by atomic mass is 10.0. The van der Waals surface area contributed by atoms with E-state index in [1.54, 1.807) is 0 Å². The Bertz CT molecular complexity index is 470. The first-order chi connectivity index (χ1) is 9.00. The Balaban J connectivity index is 2.33. The van der Waals surface area contributed by atoms with Crippen LogP contribution in [0.1, 0.15) is 24.0 Å². The third-order valence-electron chi connectivity index (χ3n) is 3.95. The second kappa shape index (κ2) is 5.88. The van der Waals surface area contributed by atoms with E-state index in [4.69, 9.17) is 18.0 Å². The van der Waals surface area contributed by atoms with Crippen molar-refractivity contribution in [3.63, 3.8) is 0 Å². The lowest BCUT2D eigenvalue weighted by Gasteiger charge is -2.39. The standard InChI is InChI=1S/C15H23N3S/c1-11-6-4-8-13(15(16)19)14(11)18-9-5-7-12(10-18)17(2)3/h4,6,8,12H,5,7,9-10H2,1-3H3,(H2,16,19). The van der Waals surface area contributed by atoms with Crippen LogP contribution in [-0.2, 0) is 0 Å². The summed E-state index contributed by atoms with van der Waals surface area (Å²) in [5, 5.41) is 0. The highest BCUT2D eigenvalue weighted by atomic mass is 32.1. The van der Waals surface area contributed by atoms with E-state index >= 15 is 0 Å². The van der Waals surface area contributed by atoms with Crippen molar-refractivity contribution in [2.75, 3.05) is 32.1 Å². The van der Waals surface area contributed by atoms with Gasteiger partial charge in [0.1, 0.15) is 4.99 Å². The first kappa shape index (κ1) is 14.3. The Kier molecular flexibility index (Phi) is 4.42. The van der Waals surface area contributed by atoms with Crippen LogP contribution in [0.2, 0.25) is 0 Å². The van der Waals surface area contributed by atoms with Gasteiger partial charge in [-0.05, 0) is 45.5 Å². The van der Waals surface area contributed by atoms with Crippen LogP contribution in [0.15, 0.2) is 18.2 Å². The predicted octanol–water partition coefficient (Wildman–Crippen LogP) is 2.16. The molecule has 0 aliphatic carbocycles. The zero-order chi connectivity index (χ0) is 14.0. The zero-order valence-electron chi connectivity index (χ0n) is 12.0. The van der Waals surface area contributed by atoms with Crippen LogP contribution in [0.4, 0.5) is 5.69 Å². The number of thiocarbonyl (C=S) groups is 1. The topological polar surface area (TPSA) is 32.5 Å². The van der Waals surface area contributed by atoms with Gasteiger partial charge < -0.3 is 15.5 Å². The maximum Gasteiger partial charge on any atom is 0.106 e. The largest absolute Gasteiger partial charge is 0.389 e. The first-order valence-corrected chi connectivity index (χ1v) is 7.22. The molecule has 1 fully saturated rings. The van der Waals surface area contributed by atoms with E-state index in [0.29, 0.717) is 11.0 Å². The van der Waals surface area contributed by atoms with Crippen molar-refractivity contribution in [1.82, 2.24) is 4.90 Å². The summed E-state index contributed by atoms with van der Waals surface area (Å²) in [5.74, 6) is 0. The number of para-hydroxylation sites is 1. The molecular weight excluding hydrogens is 254 g/mol. The number of hydrogen-bond donors (Lipinski definition) is 1. The molecule has 1 aliphatic rings. The quantitative estimate of drug-likeness (QED) is 0.858. The van der Waals surface area contributed by atoms with Gasteiger partial charge in [0.2, 0.25) is 0 Å². The maximum absolute atomic E-state index is 5.88. The Morgan fingerprint density at radius 3 is 2.79 bits per heavy atom. The minimum absolute atomic E-state index is 0.491. The van der Waals surface area contributed by atoms with Crippen LogP contribution in [0, 0.1) is 6.92 Å². The molecule has 0 bridgehead atoms. The van der Waals surface area contributed by atoms with Crippen LogP contribution in [0.5, 0.6) is 0 Å². The molecule has 1 aliphatic heterocycles. The summed E-state index contributed by atoms with van der Waals surface area (Å²) in [6.07, 6.45) is 2.48. The van der Waals surface area contributed by atoms with Gasteiger partial charge in [-0.2, -0.15) is 0 Å². The monoisotopic (exact) mass is 277 g/mol. The number of piperidine rings is 1. The minimum Gasteiger partial charge on any atom is -0.389 e. The molecule has 19 heavy (non-hydrogen) atoms. The van der Waals surface area contributed by atoms with Crippen LogP contribution in [0.25, 0.3) is 0 Å². The molecule has 2 N–H and O–H groups in total. The number of aryl methyl sites for hydroxylation is 1. The van der Waals surface area contributed by atoms with Gasteiger partial charge in [0.15, 0.2) is 0 Å². The summed E-state index contributed by atoms with van der Waals surface area (Å²) in [5.41, 5.74) is 9.37. The summed E-state index contributed by atoms with van der Waals surface area (Å²) in [6, 6.07) is 6.80. The van der Waals surface area contributed by atoms with E-state index in [1.807, 2.05) is 12.1 Å². The smallest absolute Gasteiger partial charge is 0.106 e. The Morgan fingerprint density at radius 2 is 2.16 bits per heavy atom. The van der Waals surface area contributed by atoms with Crippen LogP contribution < -0.4 is 10.6 Å². The number of anilines is 1. The number of nitrogens with zero attached hydrogens (tertiary/aromatic N) is 2. The van der Waals surface area contributed by atoms with E-state index in [0.717, 1.165) is 18.7 Å². The van der Waals surface area contributed by atoms with Gasteiger partial charge in [-0.1, -0.05) is 24.4 Å². The molecule has 0 aromatic heterocycles. The van der Waals surface area contributed by atoms with Crippen molar-refractivity contribution < 1.29 is 0 Å². The Labute approximate surface area is 121 Å². The molecule has 104 valence electrons. The molecule has 1 aromatic carbocycles. The van der Waals surface area contributed by atoms with E-state index in [-0.39, 0.29) is 0 Å². The molecule has 3 nitrogen and oxygen atoms in total. The fourth-order valence-electron chi connectivity index (χ4n) is 2.86. The fourth-order valence-corrected chi connectivity index (χ4v) is 3.02. The molecule has 1 saturated heterocycles. The number of nitrogens with two attached hydrogens (primary N) is 1. The van der Waals surface area contributed by atoms with Crippen molar-refractivity contribution >= 4 is 22.9 Å². The SMILES string of the molecule is Cc1cccc(C(N)=S)c1N1CCCC(N(C)C)C1. The van der Waals surface area contributed by atoms with Crippen LogP contribution in [0.3, 0.4) is 0 Å². The predicted molar refractivity (Wildman–Crippen MR) is 86.0 cm³/mol. The van der Waals surface area contributed by atoms with Crippen LogP contribution in [-0.4, -0.2) is 43.1 Å². The van der Waals surface area contributed by atoms with Crippen molar-refractivity contribution in [3.8, 4) is 0 Å². The average molecular weight is 277 g/mol. The van der Waals surface area contributed by atoms with Gasteiger partial charge in [0, 0.05) is 30.4 Å². The molecule has 0 saturated carbocycles. The summed E-state index contributed by atoms with van der Waals surface area (Å²) < 4.78 is 0. The molecule has 0 amide bonds. The van der Waals surface area contributed by atoms with Crippen molar-refractivity contribution in [2.24, 2.45) is 5.73 Å². The fraction of sp³-hybridized carbons (Fsp3) is 0.533. The third kappa shape index (κ3) is 3.07. The molecule has 4 heteroatoms. The molecule has 1 atom stereocenters.